The van der Waals surface area contributed by atoms with E-state index < -0.39 is 0 Å². The molecule has 106 valence electrons. The number of carbonyl (C=O) groups is 1. The van der Waals surface area contributed by atoms with E-state index in [1.807, 2.05) is 11.0 Å². The molecular weight excluding hydrogens is 246 g/mol. The average molecular weight is 269 g/mol. The van der Waals surface area contributed by atoms with Gasteiger partial charge in [0.1, 0.15) is 0 Å². The third-order valence-electron chi connectivity index (χ3n) is 4.87. The molecule has 1 aromatic carbocycles. The second-order valence-electron chi connectivity index (χ2n) is 6.49. The molecule has 2 aliphatic carbocycles. The van der Waals surface area contributed by atoms with Gasteiger partial charge in [-0.2, -0.15) is 0 Å². The fraction of sp³-hybridized carbons (Fsp3) is 0.500. The van der Waals surface area contributed by atoms with Crippen LogP contribution in [0.4, 0.5) is 0 Å². The van der Waals surface area contributed by atoms with Crippen LogP contribution in [0.25, 0.3) is 0 Å². The summed E-state index contributed by atoms with van der Waals surface area (Å²) in [6, 6.07) is 10.7. The Morgan fingerprint density at radius 1 is 1.40 bits per heavy atom. The minimum absolute atomic E-state index is 0.254. The lowest BCUT2D eigenvalue weighted by atomic mass is 9.95. The molecule has 3 rings (SSSR count). The van der Waals surface area contributed by atoms with Gasteiger partial charge in [0.05, 0.1) is 0 Å². The molecule has 0 heterocycles. The van der Waals surface area contributed by atoms with Crippen molar-refractivity contribution in [3.63, 3.8) is 0 Å². The lowest BCUT2D eigenvalue weighted by Gasteiger charge is -2.23. The molecule has 2 aliphatic rings. The third-order valence-corrected chi connectivity index (χ3v) is 4.87. The van der Waals surface area contributed by atoms with Gasteiger partial charge in [0.15, 0.2) is 0 Å². The lowest BCUT2D eigenvalue weighted by Crippen LogP contribution is -2.35. The first-order chi connectivity index (χ1) is 9.65. The Labute approximate surface area is 121 Å². The Balaban J connectivity index is 1.65. The minimum atomic E-state index is 0.254. The SMILES string of the molecule is C=CCN(CC1CC1(C)c1ccccc1)C(=O)C1CC1. The van der Waals surface area contributed by atoms with Crippen molar-refractivity contribution in [1.29, 1.82) is 0 Å². The zero-order chi connectivity index (χ0) is 14.2. The van der Waals surface area contributed by atoms with Gasteiger partial charge >= 0.3 is 0 Å². The van der Waals surface area contributed by atoms with Crippen molar-refractivity contribution < 1.29 is 4.79 Å². The maximum atomic E-state index is 12.3. The first-order valence-corrected chi connectivity index (χ1v) is 7.60. The van der Waals surface area contributed by atoms with Crippen molar-refractivity contribution in [2.24, 2.45) is 11.8 Å². The number of benzene rings is 1. The summed E-state index contributed by atoms with van der Waals surface area (Å²) in [6.45, 7) is 7.68. The monoisotopic (exact) mass is 269 g/mol. The van der Waals surface area contributed by atoms with E-state index in [1.165, 1.54) is 12.0 Å². The van der Waals surface area contributed by atoms with Crippen LogP contribution in [0.1, 0.15) is 31.7 Å². The molecular formula is C18H23NO. The molecule has 1 amide bonds. The number of hydrogen-bond acceptors (Lipinski definition) is 1. The van der Waals surface area contributed by atoms with Crippen molar-refractivity contribution in [2.75, 3.05) is 13.1 Å². The molecule has 2 fully saturated rings. The summed E-state index contributed by atoms with van der Waals surface area (Å²) in [4.78, 5) is 14.3. The van der Waals surface area contributed by atoms with Crippen molar-refractivity contribution in [2.45, 2.75) is 31.6 Å². The maximum absolute atomic E-state index is 12.3. The molecule has 2 atom stereocenters. The summed E-state index contributed by atoms with van der Waals surface area (Å²) < 4.78 is 0. The summed E-state index contributed by atoms with van der Waals surface area (Å²) in [5, 5.41) is 0. The Morgan fingerprint density at radius 2 is 2.10 bits per heavy atom. The molecule has 2 nitrogen and oxygen atoms in total. The van der Waals surface area contributed by atoms with Crippen LogP contribution in [-0.2, 0) is 10.2 Å². The number of hydrogen-bond donors (Lipinski definition) is 0. The Bertz CT molecular complexity index is 505. The van der Waals surface area contributed by atoms with Crippen LogP contribution in [0, 0.1) is 11.8 Å². The first-order valence-electron chi connectivity index (χ1n) is 7.60. The Hall–Kier alpha value is -1.57. The smallest absolute Gasteiger partial charge is 0.225 e. The molecule has 1 aromatic rings. The van der Waals surface area contributed by atoms with E-state index >= 15 is 0 Å². The maximum Gasteiger partial charge on any atom is 0.225 e. The van der Waals surface area contributed by atoms with Crippen molar-refractivity contribution >= 4 is 5.91 Å². The largest absolute Gasteiger partial charge is 0.338 e. The van der Waals surface area contributed by atoms with Gasteiger partial charge in [-0.25, -0.2) is 0 Å². The van der Waals surface area contributed by atoms with E-state index in [1.54, 1.807) is 0 Å². The number of carbonyl (C=O) groups excluding carboxylic acids is 1. The minimum Gasteiger partial charge on any atom is -0.338 e. The van der Waals surface area contributed by atoms with E-state index in [0.29, 0.717) is 24.3 Å². The summed E-state index contributed by atoms with van der Waals surface area (Å²) in [5.41, 5.74) is 1.66. The van der Waals surface area contributed by atoms with Gasteiger partial charge in [-0.1, -0.05) is 43.3 Å². The summed E-state index contributed by atoms with van der Waals surface area (Å²) in [5.74, 6) is 1.23. The van der Waals surface area contributed by atoms with E-state index in [2.05, 4.69) is 43.8 Å². The zero-order valence-corrected chi connectivity index (χ0v) is 12.2. The van der Waals surface area contributed by atoms with E-state index in [4.69, 9.17) is 0 Å². The number of nitrogens with zero attached hydrogens (tertiary/aromatic N) is 1. The van der Waals surface area contributed by atoms with Crippen LogP contribution in [0.5, 0.6) is 0 Å². The molecule has 0 spiro atoms. The predicted molar refractivity (Wildman–Crippen MR) is 81.4 cm³/mol. The van der Waals surface area contributed by atoms with Crippen LogP contribution in [0.3, 0.4) is 0 Å². The topological polar surface area (TPSA) is 20.3 Å². The summed E-state index contributed by atoms with van der Waals surface area (Å²) in [6.07, 6.45) is 5.19. The van der Waals surface area contributed by atoms with Gasteiger partial charge in [0.25, 0.3) is 0 Å². The van der Waals surface area contributed by atoms with Crippen LogP contribution in [0.2, 0.25) is 0 Å². The fourth-order valence-electron chi connectivity index (χ4n) is 3.16. The van der Waals surface area contributed by atoms with E-state index in [0.717, 1.165) is 19.4 Å². The lowest BCUT2D eigenvalue weighted by molar-refractivity contribution is -0.132. The summed E-state index contributed by atoms with van der Waals surface area (Å²) >= 11 is 0. The quantitative estimate of drug-likeness (QED) is 0.725. The van der Waals surface area contributed by atoms with Gasteiger partial charge in [-0.3, -0.25) is 4.79 Å². The van der Waals surface area contributed by atoms with Crippen LogP contribution in [-0.4, -0.2) is 23.9 Å². The average Bonchev–Trinajstić information content (AvgIpc) is 3.36. The molecule has 20 heavy (non-hydrogen) atoms. The molecule has 0 aliphatic heterocycles. The van der Waals surface area contributed by atoms with Gasteiger partial charge in [0, 0.05) is 19.0 Å². The highest BCUT2D eigenvalue weighted by atomic mass is 16.2. The molecule has 2 heteroatoms. The second kappa shape index (κ2) is 5.08. The van der Waals surface area contributed by atoms with Gasteiger partial charge in [-0.15, -0.1) is 6.58 Å². The highest BCUT2D eigenvalue weighted by Gasteiger charge is 2.52. The molecule has 0 aromatic heterocycles. The molecule has 2 saturated carbocycles. The zero-order valence-electron chi connectivity index (χ0n) is 12.2. The standard InChI is InChI=1S/C18H23NO/c1-3-11-19(17(20)14-9-10-14)13-16-12-18(16,2)15-7-5-4-6-8-15/h3-8,14,16H,1,9-13H2,2H3. The Kier molecular flexibility index (Phi) is 3.41. The van der Waals surface area contributed by atoms with Gasteiger partial charge < -0.3 is 4.90 Å². The normalized spacial score (nSPS) is 27.9. The highest BCUT2D eigenvalue weighted by molar-refractivity contribution is 5.81. The van der Waals surface area contributed by atoms with E-state index in [9.17, 15) is 4.79 Å². The molecule has 0 bridgehead atoms. The molecule has 0 radical (unpaired) electrons. The molecule has 0 saturated heterocycles. The van der Waals surface area contributed by atoms with E-state index in [-0.39, 0.29) is 5.41 Å². The predicted octanol–water partition coefficient (Wildman–Crippen LogP) is 3.39. The van der Waals surface area contributed by atoms with Crippen LogP contribution >= 0.6 is 0 Å². The van der Waals surface area contributed by atoms with Crippen molar-refractivity contribution in [3.05, 3.63) is 48.6 Å². The van der Waals surface area contributed by atoms with Gasteiger partial charge in [0.2, 0.25) is 5.91 Å². The third kappa shape index (κ3) is 2.52. The van der Waals surface area contributed by atoms with Crippen molar-refractivity contribution in [1.82, 2.24) is 4.90 Å². The van der Waals surface area contributed by atoms with Crippen molar-refractivity contribution in [3.8, 4) is 0 Å². The van der Waals surface area contributed by atoms with Crippen LogP contribution in [0.15, 0.2) is 43.0 Å². The highest BCUT2D eigenvalue weighted by Crippen LogP contribution is 2.54. The first kappa shape index (κ1) is 13.4. The van der Waals surface area contributed by atoms with Crippen LogP contribution < -0.4 is 0 Å². The van der Waals surface area contributed by atoms with Gasteiger partial charge in [-0.05, 0) is 36.2 Å². The second-order valence-corrected chi connectivity index (χ2v) is 6.49. The molecule has 2 unspecified atom stereocenters. The number of amides is 1. The Morgan fingerprint density at radius 3 is 2.70 bits per heavy atom. The summed E-state index contributed by atoms with van der Waals surface area (Å²) in [7, 11) is 0. The number of rotatable bonds is 6. The fourth-order valence-corrected chi connectivity index (χ4v) is 3.16. The molecule has 0 N–H and O–H groups in total.